The molecule has 0 N–H and O–H groups in total. The van der Waals surface area contributed by atoms with E-state index in [4.69, 9.17) is 0 Å². The monoisotopic (exact) mass is 211 g/mol. The molecule has 0 spiro atoms. The highest BCUT2D eigenvalue weighted by atomic mass is 16.1. The lowest BCUT2D eigenvalue weighted by Gasteiger charge is -2.27. The lowest BCUT2D eigenvalue weighted by atomic mass is 9.78. The Labute approximate surface area is 94.0 Å². The minimum Gasteiger partial charge on any atom is -0.298 e. The van der Waals surface area contributed by atoms with Gasteiger partial charge in [-0.15, -0.1) is 0 Å². The number of rotatable bonds is 1. The van der Waals surface area contributed by atoms with Crippen LogP contribution in [-0.4, -0.2) is 30.3 Å². The Bertz CT molecular complexity index is 215. The summed E-state index contributed by atoms with van der Waals surface area (Å²) in [6.07, 6.45) is 5.33. The minimum atomic E-state index is 0.241. The van der Waals surface area contributed by atoms with Crippen molar-refractivity contribution in [2.24, 2.45) is 11.8 Å². The molecular weight excluding hydrogens is 186 g/mol. The van der Waals surface area contributed by atoms with Gasteiger partial charge in [-0.25, -0.2) is 0 Å². The largest absolute Gasteiger partial charge is 0.298 e. The second-order valence-corrected chi connectivity index (χ2v) is 4.70. The van der Waals surface area contributed by atoms with Crippen LogP contribution in [0.25, 0.3) is 0 Å². The van der Waals surface area contributed by atoms with Crippen LogP contribution < -0.4 is 0 Å². The van der Waals surface area contributed by atoms with Crippen molar-refractivity contribution < 1.29 is 4.79 Å². The van der Waals surface area contributed by atoms with E-state index in [1.165, 1.54) is 25.7 Å². The first-order valence-corrected chi connectivity index (χ1v) is 6.41. The van der Waals surface area contributed by atoms with Gasteiger partial charge >= 0.3 is 0 Å². The van der Waals surface area contributed by atoms with E-state index in [1.807, 2.05) is 13.8 Å². The Morgan fingerprint density at radius 2 is 1.80 bits per heavy atom. The van der Waals surface area contributed by atoms with E-state index >= 15 is 0 Å². The maximum atomic E-state index is 11.5. The van der Waals surface area contributed by atoms with Gasteiger partial charge < -0.3 is 0 Å². The summed E-state index contributed by atoms with van der Waals surface area (Å²) in [7, 11) is 2.10. The molecule has 15 heavy (non-hydrogen) atoms. The van der Waals surface area contributed by atoms with Gasteiger partial charge in [-0.2, -0.15) is 0 Å². The number of ketones is 1. The Hall–Kier alpha value is -0.370. The van der Waals surface area contributed by atoms with Crippen LogP contribution in [0.15, 0.2) is 0 Å². The van der Waals surface area contributed by atoms with Crippen molar-refractivity contribution in [1.29, 1.82) is 0 Å². The molecule has 3 unspecified atom stereocenters. The second kappa shape index (κ2) is 5.64. The number of likely N-dealkylation sites (tertiary alicyclic amines) is 1. The molecule has 2 fully saturated rings. The molecule has 0 aromatic heterocycles. The Kier molecular flexibility index (Phi) is 4.78. The quantitative estimate of drug-likeness (QED) is 0.664. The van der Waals surface area contributed by atoms with E-state index in [0.29, 0.717) is 11.7 Å². The van der Waals surface area contributed by atoms with Crippen molar-refractivity contribution in [1.82, 2.24) is 4.90 Å². The first-order chi connectivity index (χ1) is 7.20. The minimum absolute atomic E-state index is 0.241. The van der Waals surface area contributed by atoms with Crippen molar-refractivity contribution >= 4 is 5.78 Å². The summed E-state index contributed by atoms with van der Waals surface area (Å²) in [5, 5.41) is 0. The zero-order chi connectivity index (χ0) is 11.4. The standard InChI is InChI=1S/C11H19NO.C2H6/c1-8(13)11-10-6-4-3-5-9(10)7-12(11)2;1-2/h9-11H,3-7H2,1-2H3;1-2H3. The molecule has 2 heteroatoms. The SMILES string of the molecule is CC.CC(=O)C1C2CCCCC2CN1C. The number of Topliss-reactive ketones (excluding diaryl/α,β-unsaturated/α-hetero) is 1. The van der Waals surface area contributed by atoms with Crippen molar-refractivity contribution in [2.45, 2.75) is 52.5 Å². The summed E-state index contributed by atoms with van der Waals surface area (Å²) in [5.74, 6) is 1.86. The summed E-state index contributed by atoms with van der Waals surface area (Å²) < 4.78 is 0. The third-order valence-corrected chi connectivity index (χ3v) is 3.79. The number of carbonyl (C=O) groups is 1. The maximum Gasteiger partial charge on any atom is 0.147 e. The average molecular weight is 211 g/mol. The molecule has 0 aromatic rings. The summed E-state index contributed by atoms with van der Waals surface area (Å²) in [5.41, 5.74) is 0. The van der Waals surface area contributed by atoms with Crippen molar-refractivity contribution in [2.75, 3.05) is 13.6 Å². The number of hydrogen-bond acceptors (Lipinski definition) is 2. The van der Waals surface area contributed by atoms with Gasteiger partial charge in [0, 0.05) is 6.54 Å². The van der Waals surface area contributed by atoms with Crippen LogP contribution in [-0.2, 0) is 4.79 Å². The highest BCUT2D eigenvalue weighted by molar-refractivity contribution is 5.82. The van der Waals surface area contributed by atoms with Crippen LogP contribution >= 0.6 is 0 Å². The molecule has 0 aromatic carbocycles. The summed E-state index contributed by atoms with van der Waals surface area (Å²) in [4.78, 5) is 13.7. The van der Waals surface area contributed by atoms with Crippen molar-refractivity contribution in [3.63, 3.8) is 0 Å². The van der Waals surface area contributed by atoms with Crippen LogP contribution in [0.2, 0.25) is 0 Å². The van der Waals surface area contributed by atoms with Gasteiger partial charge in [0.15, 0.2) is 0 Å². The maximum absolute atomic E-state index is 11.5. The zero-order valence-corrected chi connectivity index (χ0v) is 10.6. The van der Waals surface area contributed by atoms with Crippen LogP contribution in [0.3, 0.4) is 0 Å². The molecule has 0 radical (unpaired) electrons. The van der Waals surface area contributed by atoms with Crippen LogP contribution in [0.5, 0.6) is 0 Å². The second-order valence-electron chi connectivity index (χ2n) is 4.70. The van der Waals surface area contributed by atoms with Gasteiger partial charge in [0.25, 0.3) is 0 Å². The fraction of sp³-hybridized carbons (Fsp3) is 0.923. The molecule has 1 saturated carbocycles. The highest BCUT2D eigenvalue weighted by Gasteiger charge is 2.42. The highest BCUT2D eigenvalue weighted by Crippen LogP contribution is 2.39. The van der Waals surface area contributed by atoms with E-state index in [2.05, 4.69) is 11.9 Å². The molecule has 2 nitrogen and oxygen atoms in total. The Morgan fingerprint density at radius 3 is 2.40 bits per heavy atom. The zero-order valence-electron chi connectivity index (χ0n) is 10.6. The predicted octanol–water partition coefficient (Wildman–Crippen LogP) is 2.72. The smallest absolute Gasteiger partial charge is 0.147 e. The molecular formula is C13H25NO. The number of fused-ring (bicyclic) bond motifs is 1. The summed E-state index contributed by atoms with van der Waals surface area (Å²) in [6, 6.07) is 0.241. The lowest BCUT2D eigenvalue weighted by molar-refractivity contribution is -0.122. The number of carbonyl (C=O) groups excluding carboxylic acids is 1. The third kappa shape index (κ3) is 2.60. The van der Waals surface area contributed by atoms with E-state index in [0.717, 1.165) is 12.5 Å². The van der Waals surface area contributed by atoms with E-state index < -0.39 is 0 Å². The molecule has 1 aliphatic heterocycles. The fourth-order valence-corrected chi connectivity index (χ4v) is 3.30. The summed E-state index contributed by atoms with van der Waals surface area (Å²) in [6.45, 7) is 6.90. The molecule has 0 amide bonds. The first kappa shape index (κ1) is 12.7. The van der Waals surface area contributed by atoms with Gasteiger partial charge in [-0.05, 0) is 38.6 Å². The van der Waals surface area contributed by atoms with Gasteiger partial charge in [-0.1, -0.05) is 26.7 Å². The first-order valence-electron chi connectivity index (χ1n) is 6.41. The van der Waals surface area contributed by atoms with E-state index in [-0.39, 0.29) is 6.04 Å². The Morgan fingerprint density at radius 1 is 1.20 bits per heavy atom. The average Bonchev–Trinajstić information content (AvgIpc) is 2.56. The van der Waals surface area contributed by atoms with Gasteiger partial charge in [0.05, 0.1) is 6.04 Å². The van der Waals surface area contributed by atoms with Gasteiger partial charge in [0.1, 0.15) is 5.78 Å². The third-order valence-electron chi connectivity index (χ3n) is 3.79. The normalized spacial score (nSPS) is 35.3. The number of nitrogens with zero attached hydrogens (tertiary/aromatic N) is 1. The summed E-state index contributed by atoms with van der Waals surface area (Å²) >= 11 is 0. The van der Waals surface area contributed by atoms with Gasteiger partial charge in [-0.3, -0.25) is 9.69 Å². The van der Waals surface area contributed by atoms with Crippen LogP contribution in [0.1, 0.15) is 46.5 Å². The molecule has 88 valence electrons. The van der Waals surface area contributed by atoms with Gasteiger partial charge in [0.2, 0.25) is 0 Å². The van der Waals surface area contributed by atoms with Crippen LogP contribution in [0, 0.1) is 11.8 Å². The number of hydrogen-bond donors (Lipinski definition) is 0. The van der Waals surface area contributed by atoms with Crippen LogP contribution in [0.4, 0.5) is 0 Å². The van der Waals surface area contributed by atoms with E-state index in [1.54, 1.807) is 6.92 Å². The molecule has 0 bridgehead atoms. The molecule has 1 saturated heterocycles. The van der Waals surface area contributed by atoms with Crippen molar-refractivity contribution in [3.8, 4) is 0 Å². The molecule has 2 rings (SSSR count). The Balaban J connectivity index is 0.000000531. The lowest BCUT2D eigenvalue weighted by Crippen LogP contribution is -2.36. The molecule has 3 atom stereocenters. The number of likely N-dealkylation sites (N-methyl/N-ethyl adjacent to an activating group) is 1. The molecule has 1 heterocycles. The molecule has 2 aliphatic rings. The van der Waals surface area contributed by atoms with E-state index in [9.17, 15) is 4.79 Å². The predicted molar refractivity (Wildman–Crippen MR) is 63.9 cm³/mol. The fourth-order valence-electron chi connectivity index (χ4n) is 3.30. The van der Waals surface area contributed by atoms with Crippen molar-refractivity contribution in [3.05, 3.63) is 0 Å². The topological polar surface area (TPSA) is 20.3 Å². The molecule has 1 aliphatic carbocycles.